The molecule has 250 valence electrons. The Balaban J connectivity index is 1.47. The summed E-state index contributed by atoms with van der Waals surface area (Å²) in [5, 5.41) is 0. The zero-order chi connectivity index (χ0) is 33.4. The molecule has 0 spiro atoms. The minimum atomic E-state index is -0.0610. The number of nitrogens with two attached hydrogens (primary N) is 2. The highest BCUT2D eigenvalue weighted by Gasteiger charge is 2.40. The summed E-state index contributed by atoms with van der Waals surface area (Å²) in [5.41, 5.74) is 20.8. The van der Waals surface area contributed by atoms with Gasteiger partial charge < -0.3 is 20.9 Å². The number of nitrogen functional groups attached to an aromatic ring is 2. The molecule has 1 fully saturated rings. The average molecular weight is 633 g/mol. The minimum absolute atomic E-state index is 0.0610. The summed E-state index contributed by atoms with van der Waals surface area (Å²) in [6.07, 6.45) is 15.7. The van der Waals surface area contributed by atoms with Gasteiger partial charge in [-0.3, -0.25) is 0 Å². The Hall–Kier alpha value is -3.92. The zero-order valence-electron chi connectivity index (χ0n) is 29.5. The van der Waals surface area contributed by atoms with E-state index in [-0.39, 0.29) is 5.41 Å². The third kappa shape index (κ3) is 8.52. The summed E-state index contributed by atoms with van der Waals surface area (Å²) in [7, 11) is 0. The van der Waals surface area contributed by atoms with Crippen molar-refractivity contribution in [2.24, 2.45) is 5.92 Å². The van der Waals surface area contributed by atoms with Crippen LogP contribution in [0, 0.1) is 33.6 Å². The average Bonchev–Trinajstić information content (AvgIpc) is 3.05. The van der Waals surface area contributed by atoms with Crippen molar-refractivity contribution in [3.8, 4) is 23.0 Å². The summed E-state index contributed by atoms with van der Waals surface area (Å²) >= 11 is 0. The number of rotatable bonds is 14. The van der Waals surface area contributed by atoms with Gasteiger partial charge in [-0.15, -0.1) is 0 Å². The summed E-state index contributed by atoms with van der Waals surface area (Å²) in [6, 6.07) is 24.9. The maximum atomic E-state index is 6.44. The van der Waals surface area contributed by atoms with Crippen LogP contribution in [0.4, 0.5) is 11.4 Å². The molecule has 1 aliphatic rings. The van der Waals surface area contributed by atoms with Crippen LogP contribution in [-0.2, 0) is 5.41 Å². The SMILES string of the molecule is CCCCCCCCCC1CCCC(c2cc(C)c(Oc3ccc(N)cc3)c(C)c2)(c2cc(C)c(Oc3ccc(N)cc3)c(C)c2)C1. The molecule has 4 heteroatoms. The van der Waals surface area contributed by atoms with Crippen molar-refractivity contribution < 1.29 is 9.47 Å². The Morgan fingerprint density at radius 3 is 1.49 bits per heavy atom. The molecule has 4 aromatic carbocycles. The van der Waals surface area contributed by atoms with E-state index in [2.05, 4.69) is 58.9 Å². The van der Waals surface area contributed by atoms with Gasteiger partial charge in [0.05, 0.1) is 0 Å². The molecule has 4 aromatic rings. The maximum Gasteiger partial charge on any atom is 0.133 e. The fraction of sp³-hybridized carbons (Fsp3) is 0.442. The van der Waals surface area contributed by atoms with E-state index in [0.29, 0.717) is 0 Å². The molecule has 1 atom stereocenters. The number of hydrogen-bond acceptors (Lipinski definition) is 4. The lowest BCUT2D eigenvalue weighted by Gasteiger charge is -2.43. The van der Waals surface area contributed by atoms with Crippen molar-refractivity contribution in [3.63, 3.8) is 0 Å². The highest BCUT2D eigenvalue weighted by Crippen LogP contribution is 2.51. The van der Waals surface area contributed by atoms with Gasteiger partial charge in [-0.25, -0.2) is 0 Å². The van der Waals surface area contributed by atoms with E-state index >= 15 is 0 Å². The molecule has 0 bridgehead atoms. The van der Waals surface area contributed by atoms with Gasteiger partial charge in [0.25, 0.3) is 0 Å². The Labute approximate surface area is 283 Å². The van der Waals surface area contributed by atoms with E-state index in [1.165, 1.54) is 104 Å². The third-order valence-corrected chi connectivity index (χ3v) is 10.3. The summed E-state index contributed by atoms with van der Waals surface area (Å²) in [5.74, 6) is 4.20. The highest BCUT2D eigenvalue weighted by atomic mass is 16.5. The van der Waals surface area contributed by atoms with Gasteiger partial charge in [0.2, 0.25) is 0 Å². The van der Waals surface area contributed by atoms with Gasteiger partial charge in [-0.1, -0.05) is 95.4 Å². The molecular formula is C43H56N2O2. The van der Waals surface area contributed by atoms with Crippen LogP contribution in [0.5, 0.6) is 23.0 Å². The monoisotopic (exact) mass is 632 g/mol. The highest BCUT2D eigenvalue weighted by molar-refractivity contribution is 5.55. The fourth-order valence-corrected chi connectivity index (χ4v) is 7.80. The van der Waals surface area contributed by atoms with Gasteiger partial charge in [-0.05, 0) is 128 Å². The van der Waals surface area contributed by atoms with Crippen LogP contribution in [0.3, 0.4) is 0 Å². The van der Waals surface area contributed by atoms with E-state index in [0.717, 1.165) is 46.7 Å². The van der Waals surface area contributed by atoms with Crippen molar-refractivity contribution in [1.29, 1.82) is 0 Å². The molecule has 0 aliphatic heterocycles. The lowest BCUT2D eigenvalue weighted by Crippen LogP contribution is -2.35. The van der Waals surface area contributed by atoms with Crippen LogP contribution in [0.2, 0.25) is 0 Å². The summed E-state index contributed by atoms with van der Waals surface area (Å²) < 4.78 is 12.9. The number of hydrogen-bond donors (Lipinski definition) is 2. The van der Waals surface area contributed by atoms with E-state index in [4.69, 9.17) is 20.9 Å². The lowest BCUT2D eigenvalue weighted by atomic mass is 9.61. The first-order chi connectivity index (χ1) is 22.7. The quantitative estimate of drug-likeness (QED) is 0.107. The number of aryl methyl sites for hydroxylation is 4. The molecule has 1 saturated carbocycles. The molecule has 4 N–H and O–H groups in total. The van der Waals surface area contributed by atoms with E-state index in [1.807, 2.05) is 48.5 Å². The lowest BCUT2D eigenvalue weighted by molar-refractivity contribution is 0.240. The molecule has 1 aliphatic carbocycles. The summed E-state index contributed by atoms with van der Waals surface area (Å²) in [6.45, 7) is 11.1. The molecule has 0 saturated heterocycles. The van der Waals surface area contributed by atoms with Gasteiger partial charge >= 0.3 is 0 Å². The second-order valence-corrected chi connectivity index (χ2v) is 14.2. The van der Waals surface area contributed by atoms with Crippen molar-refractivity contribution >= 4 is 11.4 Å². The van der Waals surface area contributed by atoms with Crippen molar-refractivity contribution in [3.05, 3.63) is 106 Å². The Kier molecular flexibility index (Phi) is 11.6. The smallest absolute Gasteiger partial charge is 0.133 e. The third-order valence-electron chi connectivity index (χ3n) is 10.3. The van der Waals surface area contributed by atoms with Crippen LogP contribution in [-0.4, -0.2) is 0 Å². The van der Waals surface area contributed by atoms with Crippen molar-refractivity contribution in [1.82, 2.24) is 0 Å². The molecule has 0 aromatic heterocycles. The van der Waals surface area contributed by atoms with Crippen molar-refractivity contribution in [2.75, 3.05) is 11.5 Å². The van der Waals surface area contributed by atoms with Crippen LogP contribution in [0.15, 0.2) is 72.8 Å². The molecule has 1 unspecified atom stereocenters. The first-order valence-electron chi connectivity index (χ1n) is 18.0. The molecule has 5 rings (SSSR count). The normalized spacial score (nSPS) is 15.8. The minimum Gasteiger partial charge on any atom is -0.457 e. The van der Waals surface area contributed by atoms with Gasteiger partial charge in [0, 0.05) is 16.8 Å². The predicted molar refractivity (Wildman–Crippen MR) is 199 cm³/mol. The maximum absolute atomic E-state index is 6.44. The van der Waals surface area contributed by atoms with Crippen molar-refractivity contribution in [2.45, 2.75) is 117 Å². The zero-order valence-corrected chi connectivity index (χ0v) is 29.5. The second-order valence-electron chi connectivity index (χ2n) is 14.2. The van der Waals surface area contributed by atoms with Crippen LogP contribution in [0.25, 0.3) is 0 Å². The Morgan fingerprint density at radius 1 is 0.617 bits per heavy atom. The van der Waals surface area contributed by atoms with Crippen LogP contribution in [0.1, 0.15) is 117 Å². The largest absolute Gasteiger partial charge is 0.457 e. The molecule has 0 radical (unpaired) electrons. The van der Waals surface area contributed by atoms with Crippen LogP contribution < -0.4 is 20.9 Å². The molecular weight excluding hydrogens is 576 g/mol. The topological polar surface area (TPSA) is 70.5 Å². The molecule has 47 heavy (non-hydrogen) atoms. The standard InChI is InChI=1S/C43H56N2O2/c1-6-7-8-9-10-11-12-14-34-15-13-24-43(29-34,35-25-30(2)41(31(3)26-35)46-39-20-16-37(44)17-21-39)36-27-32(4)42(33(5)28-36)47-40-22-18-38(45)19-23-40/h16-23,25-28,34H,6-15,24,29,44-45H2,1-5H3. The van der Waals surface area contributed by atoms with Gasteiger partial charge in [0.1, 0.15) is 23.0 Å². The van der Waals surface area contributed by atoms with Gasteiger partial charge in [0.15, 0.2) is 0 Å². The fourth-order valence-electron chi connectivity index (χ4n) is 7.80. The van der Waals surface area contributed by atoms with E-state index in [1.54, 1.807) is 0 Å². The number of benzene rings is 4. The van der Waals surface area contributed by atoms with Crippen LogP contribution >= 0.6 is 0 Å². The Morgan fingerprint density at radius 2 is 1.04 bits per heavy atom. The summed E-state index contributed by atoms with van der Waals surface area (Å²) in [4.78, 5) is 0. The van der Waals surface area contributed by atoms with E-state index < -0.39 is 0 Å². The predicted octanol–water partition coefficient (Wildman–Crippen LogP) is 12.3. The Bertz CT molecular complexity index is 1460. The second kappa shape index (κ2) is 15.8. The first-order valence-corrected chi connectivity index (χ1v) is 18.0. The first kappa shape index (κ1) is 34.4. The van der Waals surface area contributed by atoms with E-state index in [9.17, 15) is 0 Å². The number of unbranched alkanes of at least 4 members (excludes halogenated alkanes) is 6. The number of ether oxygens (including phenoxy) is 2. The van der Waals surface area contributed by atoms with Gasteiger partial charge in [-0.2, -0.15) is 0 Å². The molecule has 0 heterocycles. The molecule has 0 amide bonds. The molecule has 4 nitrogen and oxygen atoms in total. The number of anilines is 2.